The number of hydrogen-bond acceptors (Lipinski definition) is 5. The molecule has 0 aliphatic heterocycles. The molecule has 0 bridgehead atoms. The molecule has 0 saturated carbocycles. The monoisotopic (exact) mass is 352 g/mol. The highest BCUT2D eigenvalue weighted by Gasteiger charge is 2.05. The SMILES string of the molecule is Cc1ccc(CSc2nncn2/N=C\c2ccc(C(=O)O)cc2)cc1. The molecule has 1 aromatic heterocycles. The Balaban J connectivity index is 1.66. The van der Waals surface area contributed by atoms with Crippen molar-refractivity contribution in [3.8, 4) is 0 Å². The zero-order valence-electron chi connectivity index (χ0n) is 13.5. The maximum absolute atomic E-state index is 10.9. The number of carbonyl (C=O) groups is 1. The third-order valence-corrected chi connectivity index (χ3v) is 4.48. The summed E-state index contributed by atoms with van der Waals surface area (Å²) in [4.78, 5) is 10.9. The molecular formula is C18H16N4O2S. The van der Waals surface area contributed by atoms with Crippen molar-refractivity contribution in [2.45, 2.75) is 17.8 Å². The lowest BCUT2D eigenvalue weighted by molar-refractivity contribution is 0.0697. The molecular weight excluding hydrogens is 336 g/mol. The predicted octanol–water partition coefficient (Wildman–Crippen LogP) is 3.46. The average molecular weight is 352 g/mol. The number of nitrogens with zero attached hydrogens (tertiary/aromatic N) is 4. The van der Waals surface area contributed by atoms with Crippen molar-refractivity contribution in [3.63, 3.8) is 0 Å². The molecule has 25 heavy (non-hydrogen) atoms. The molecule has 0 saturated heterocycles. The van der Waals surface area contributed by atoms with Gasteiger partial charge in [0.15, 0.2) is 0 Å². The highest BCUT2D eigenvalue weighted by Crippen LogP contribution is 2.20. The minimum atomic E-state index is -0.947. The summed E-state index contributed by atoms with van der Waals surface area (Å²) >= 11 is 1.55. The molecule has 0 aliphatic carbocycles. The van der Waals surface area contributed by atoms with E-state index in [0.29, 0.717) is 5.16 Å². The van der Waals surface area contributed by atoms with Gasteiger partial charge in [-0.3, -0.25) is 0 Å². The number of aromatic carboxylic acids is 1. The van der Waals surface area contributed by atoms with Gasteiger partial charge in [-0.05, 0) is 30.2 Å². The number of thioether (sulfide) groups is 1. The number of hydrogen-bond donors (Lipinski definition) is 1. The molecule has 0 unspecified atom stereocenters. The fraction of sp³-hybridized carbons (Fsp3) is 0.111. The van der Waals surface area contributed by atoms with E-state index < -0.39 is 5.97 Å². The Morgan fingerprint density at radius 2 is 1.92 bits per heavy atom. The summed E-state index contributed by atoms with van der Waals surface area (Å²) in [5, 5.41) is 21.9. The summed E-state index contributed by atoms with van der Waals surface area (Å²) in [7, 11) is 0. The Morgan fingerprint density at radius 3 is 2.60 bits per heavy atom. The quantitative estimate of drug-likeness (QED) is 0.543. The van der Waals surface area contributed by atoms with Crippen LogP contribution < -0.4 is 0 Å². The van der Waals surface area contributed by atoms with Gasteiger partial charge in [-0.1, -0.05) is 53.7 Å². The number of aromatic nitrogens is 3. The van der Waals surface area contributed by atoms with Crippen LogP contribution in [0.25, 0.3) is 0 Å². The second kappa shape index (κ2) is 7.76. The first-order valence-electron chi connectivity index (χ1n) is 7.58. The summed E-state index contributed by atoms with van der Waals surface area (Å²) in [5.74, 6) is -0.168. The second-order valence-electron chi connectivity index (χ2n) is 5.40. The van der Waals surface area contributed by atoms with Crippen molar-refractivity contribution >= 4 is 23.9 Å². The van der Waals surface area contributed by atoms with Crippen molar-refractivity contribution < 1.29 is 9.90 Å². The van der Waals surface area contributed by atoms with E-state index in [4.69, 9.17) is 5.11 Å². The first-order valence-corrected chi connectivity index (χ1v) is 8.56. The molecule has 126 valence electrons. The molecule has 7 heteroatoms. The normalized spacial score (nSPS) is 11.1. The van der Waals surface area contributed by atoms with Crippen molar-refractivity contribution in [3.05, 3.63) is 77.1 Å². The van der Waals surface area contributed by atoms with E-state index in [2.05, 4.69) is 46.5 Å². The van der Waals surface area contributed by atoms with Gasteiger partial charge in [0.25, 0.3) is 0 Å². The van der Waals surface area contributed by atoms with Gasteiger partial charge in [-0.15, -0.1) is 10.2 Å². The van der Waals surface area contributed by atoms with Crippen LogP contribution in [0.3, 0.4) is 0 Å². The summed E-state index contributed by atoms with van der Waals surface area (Å²) in [6.45, 7) is 2.06. The van der Waals surface area contributed by atoms with Gasteiger partial charge < -0.3 is 5.11 Å². The molecule has 0 fully saturated rings. The van der Waals surface area contributed by atoms with E-state index in [0.717, 1.165) is 11.3 Å². The van der Waals surface area contributed by atoms with Crippen LogP contribution in [-0.2, 0) is 5.75 Å². The van der Waals surface area contributed by atoms with Crippen molar-refractivity contribution in [1.29, 1.82) is 0 Å². The molecule has 0 atom stereocenters. The van der Waals surface area contributed by atoms with E-state index in [1.807, 2.05) is 0 Å². The third-order valence-electron chi connectivity index (χ3n) is 3.48. The van der Waals surface area contributed by atoms with Gasteiger partial charge in [-0.2, -0.15) is 9.78 Å². The highest BCUT2D eigenvalue weighted by atomic mass is 32.2. The molecule has 6 nitrogen and oxygen atoms in total. The van der Waals surface area contributed by atoms with Gasteiger partial charge in [-0.25, -0.2) is 4.79 Å². The van der Waals surface area contributed by atoms with Crippen molar-refractivity contribution in [1.82, 2.24) is 14.9 Å². The Labute approximate surface area is 149 Å². The maximum Gasteiger partial charge on any atom is 0.335 e. The lowest BCUT2D eigenvalue weighted by atomic mass is 10.1. The lowest BCUT2D eigenvalue weighted by Crippen LogP contribution is -1.96. The maximum atomic E-state index is 10.9. The van der Waals surface area contributed by atoms with Gasteiger partial charge in [0.05, 0.1) is 11.8 Å². The first-order chi connectivity index (χ1) is 12.1. The van der Waals surface area contributed by atoms with E-state index in [1.54, 1.807) is 53.2 Å². The number of aryl methyl sites for hydroxylation is 1. The topological polar surface area (TPSA) is 80.4 Å². The van der Waals surface area contributed by atoms with E-state index in [9.17, 15) is 4.79 Å². The predicted molar refractivity (Wildman–Crippen MR) is 97.2 cm³/mol. The van der Waals surface area contributed by atoms with Gasteiger partial charge in [0.1, 0.15) is 6.33 Å². The smallest absolute Gasteiger partial charge is 0.335 e. The minimum Gasteiger partial charge on any atom is -0.478 e. The summed E-state index contributed by atoms with van der Waals surface area (Å²) in [6.07, 6.45) is 3.19. The Bertz CT molecular complexity index is 886. The van der Waals surface area contributed by atoms with Crippen LogP contribution in [0, 0.1) is 6.92 Å². The van der Waals surface area contributed by atoms with Gasteiger partial charge >= 0.3 is 5.97 Å². The molecule has 0 radical (unpaired) electrons. The van der Waals surface area contributed by atoms with Gasteiger partial charge in [0, 0.05) is 5.75 Å². The van der Waals surface area contributed by atoms with Crippen LogP contribution in [-0.4, -0.2) is 32.2 Å². The fourth-order valence-corrected chi connectivity index (χ4v) is 2.89. The highest BCUT2D eigenvalue weighted by molar-refractivity contribution is 7.98. The molecule has 0 amide bonds. The van der Waals surface area contributed by atoms with E-state index in [1.165, 1.54) is 11.1 Å². The van der Waals surface area contributed by atoms with Crippen LogP contribution in [0.15, 0.2) is 65.1 Å². The first kappa shape index (κ1) is 16.9. The number of benzene rings is 2. The van der Waals surface area contributed by atoms with Crippen LogP contribution in [0.2, 0.25) is 0 Å². The Hall–Kier alpha value is -2.93. The molecule has 2 aromatic carbocycles. The standard InChI is InChI=1S/C18H16N4O2S/c1-13-2-4-15(5-3-13)11-25-18-21-19-12-22(18)20-10-14-6-8-16(9-7-14)17(23)24/h2-10,12H,11H2,1H3,(H,23,24)/b20-10-. The zero-order chi connectivity index (χ0) is 17.6. The fourth-order valence-electron chi connectivity index (χ4n) is 2.07. The molecule has 3 rings (SSSR count). The molecule has 1 heterocycles. The zero-order valence-corrected chi connectivity index (χ0v) is 14.3. The second-order valence-corrected chi connectivity index (χ2v) is 6.35. The number of rotatable bonds is 6. The molecule has 0 spiro atoms. The summed E-state index contributed by atoms with van der Waals surface area (Å²) in [5.41, 5.74) is 3.48. The largest absolute Gasteiger partial charge is 0.478 e. The molecule has 3 aromatic rings. The molecule has 0 aliphatic rings. The average Bonchev–Trinajstić information content (AvgIpc) is 3.07. The van der Waals surface area contributed by atoms with Crippen LogP contribution in [0.4, 0.5) is 0 Å². The van der Waals surface area contributed by atoms with E-state index >= 15 is 0 Å². The van der Waals surface area contributed by atoms with Crippen LogP contribution >= 0.6 is 11.8 Å². The lowest BCUT2D eigenvalue weighted by Gasteiger charge is -2.02. The van der Waals surface area contributed by atoms with Crippen molar-refractivity contribution in [2.24, 2.45) is 5.10 Å². The third kappa shape index (κ3) is 4.54. The van der Waals surface area contributed by atoms with Crippen LogP contribution in [0.5, 0.6) is 0 Å². The summed E-state index contributed by atoms with van der Waals surface area (Å²) < 4.78 is 1.60. The summed E-state index contributed by atoms with van der Waals surface area (Å²) in [6, 6.07) is 14.9. The van der Waals surface area contributed by atoms with Crippen molar-refractivity contribution in [2.75, 3.05) is 0 Å². The number of carboxylic acid groups (broad SMARTS) is 1. The van der Waals surface area contributed by atoms with Crippen LogP contribution in [0.1, 0.15) is 27.0 Å². The Morgan fingerprint density at radius 1 is 1.20 bits per heavy atom. The Kier molecular flexibility index (Phi) is 5.25. The van der Waals surface area contributed by atoms with Gasteiger partial charge in [0.2, 0.25) is 5.16 Å². The van der Waals surface area contributed by atoms with E-state index in [-0.39, 0.29) is 5.56 Å². The number of carboxylic acids is 1. The minimum absolute atomic E-state index is 0.246. The molecule has 1 N–H and O–H groups in total.